The minimum atomic E-state index is -0.542. The van der Waals surface area contributed by atoms with Gasteiger partial charge in [0.25, 0.3) is 0 Å². The smallest absolute Gasteiger partial charge is 0.328 e. The second-order valence-electron chi connectivity index (χ2n) is 4.08. The molecular weight excluding hydrogens is 220 g/mol. The van der Waals surface area contributed by atoms with E-state index in [2.05, 4.69) is 0 Å². The molecule has 0 amide bonds. The molecule has 0 spiro atoms. The van der Waals surface area contributed by atoms with Crippen LogP contribution in [-0.4, -0.2) is 12.0 Å². The van der Waals surface area contributed by atoms with Crippen LogP contribution >= 0.6 is 0 Å². The van der Waals surface area contributed by atoms with Gasteiger partial charge in [-0.05, 0) is 30.4 Å². The summed E-state index contributed by atoms with van der Waals surface area (Å²) >= 11 is 0. The summed E-state index contributed by atoms with van der Waals surface area (Å²) in [5.74, 6) is 0.434. The third-order valence-electron chi connectivity index (χ3n) is 3.23. The van der Waals surface area contributed by atoms with E-state index in [1.807, 2.05) is 6.07 Å². The van der Waals surface area contributed by atoms with E-state index in [1.165, 1.54) is 7.11 Å². The van der Waals surface area contributed by atoms with Crippen molar-refractivity contribution in [1.82, 2.24) is 0 Å². The molecular formula is C12H12N2O3. The SMILES string of the molecule is COc1ccc(C2CCC2)c(C#N)c1[N+](=O)[O-]. The average molecular weight is 232 g/mol. The van der Waals surface area contributed by atoms with Crippen LogP contribution in [-0.2, 0) is 0 Å². The van der Waals surface area contributed by atoms with Gasteiger partial charge in [-0.3, -0.25) is 10.1 Å². The molecule has 1 fully saturated rings. The molecule has 0 radical (unpaired) electrons. The summed E-state index contributed by atoms with van der Waals surface area (Å²) in [5, 5.41) is 20.1. The molecule has 0 bridgehead atoms. The first-order valence-corrected chi connectivity index (χ1v) is 5.44. The van der Waals surface area contributed by atoms with Gasteiger partial charge in [-0.25, -0.2) is 0 Å². The molecule has 17 heavy (non-hydrogen) atoms. The number of nitro groups is 1. The normalized spacial score (nSPS) is 14.8. The molecule has 5 nitrogen and oxygen atoms in total. The van der Waals surface area contributed by atoms with Gasteiger partial charge in [-0.15, -0.1) is 0 Å². The van der Waals surface area contributed by atoms with Crippen molar-refractivity contribution in [1.29, 1.82) is 5.26 Å². The molecule has 0 unspecified atom stereocenters. The zero-order chi connectivity index (χ0) is 12.4. The number of ether oxygens (including phenoxy) is 1. The van der Waals surface area contributed by atoms with Crippen molar-refractivity contribution in [3.63, 3.8) is 0 Å². The van der Waals surface area contributed by atoms with Crippen molar-refractivity contribution in [2.75, 3.05) is 7.11 Å². The monoisotopic (exact) mass is 232 g/mol. The maximum Gasteiger partial charge on any atom is 0.328 e. The zero-order valence-corrected chi connectivity index (χ0v) is 9.47. The Morgan fingerprint density at radius 1 is 1.53 bits per heavy atom. The Kier molecular flexibility index (Phi) is 2.96. The molecule has 0 heterocycles. The number of nitriles is 1. The number of methoxy groups -OCH3 is 1. The van der Waals surface area contributed by atoms with Gasteiger partial charge in [-0.1, -0.05) is 12.5 Å². The van der Waals surface area contributed by atoms with E-state index in [0.717, 1.165) is 24.8 Å². The number of hydrogen-bond acceptors (Lipinski definition) is 4. The van der Waals surface area contributed by atoms with E-state index in [4.69, 9.17) is 10.00 Å². The van der Waals surface area contributed by atoms with E-state index < -0.39 is 4.92 Å². The summed E-state index contributed by atoms with van der Waals surface area (Å²) in [6, 6.07) is 5.30. The fourth-order valence-electron chi connectivity index (χ4n) is 2.11. The van der Waals surface area contributed by atoms with Gasteiger partial charge >= 0.3 is 5.69 Å². The highest BCUT2D eigenvalue weighted by Crippen LogP contribution is 2.42. The van der Waals surface area contributed by atoms with Crippen molar-refractivity contribution in [2.45, 2.75) is 25.2 Å². The Hall–Kier alpha value is -2.09. The van der Waals surface area contributed by atoms with Crippen LogP contribution in [0.1, 0.15) is 36.3 Å². The summed E-state index contributed by atoms with van der Waals surface area (Å²) in [5.41, 5.74) is 0.727. The van der Waals surface area contributed by atoms with Crippen LogP contribution in [0.25, 0.3) is 0 Å². The number of nitrogens with zero attached hydrogens (tertiary/aromatic N) is 2. The minimum Gasteiger partial charge on any atom is -0.490 e. The number of hydrogen-bond donors (Lipinski definition) is 0. The molecule has 1 saturated carbocycles. The summed E-state index contributed by atoms with van der Waals surface area (Å²) in [4.78, 5) is 10.5. The lowest BCUT2D eigenvalue weighted by Crippen LogP contribution is -2.12. The van der Waals surface area contributed by atoms with Crippen molar-refractivity contribution < 1.29 is 9.66 Å². The second-order valence-corrected chi connectivity index (χ2v) is 4.08. The fourth-order valence-corrected chi connectivity index (χ4v) is 2.11. The zero-order valence-electron chi connectivity index (χ0n) is 9.47. The van der Waals surface area contributed by atoms with E-state index in [9.17, 15) is 10.1 Å². The van der Waals surface area contributed by atoms with Crippen LogP contribution < -0.4 is 4.74 Å². The summed E-state index contributed by atoms with van der Waals surface area (Å²) in [7, 11) is 1.37. The van der Waals surface area contributed by atoms with E-state index in [1.54, 1.807) is 12.1 Å². The molecule has 0 saturated heterocycles. The van der Waals surface area contributed by atoms with Gasteiger partial charge in [0.15, 0.2) is 5.75 Å². The molecule has 0 atom stereocenters. The Morgan fingerprint density at radius 2 is 2.24 bits per heavy atom. The fraction of sp³-hybridized carbons (Fsp3) is 0.417. The molecule has 0 N–H and O–H groups in total. The standard InChI is InChI=1S/C12H12N2O3/c1-17-11-6-5-9(8-3-2-4-8)10(7-13)12(11)14(15)16/h5-6,8H,2-4H2,1H3. The Labute approximate surface area is 98.8 Å². The molecule has 1 aliphatic carbocycles. The van der Waals surface area contributed by atoms with E-state index in [-0.39, 0.29) is 22.9 Å². The molecule has 0 aromatic heterocycles. The lowest BCUT2D eigenvalue weighted by molar-refractivity contribution is -0.386. The van der Waals surface area contributed by atoms with Crippen LogP contribution in [0, 0.1) is 21.4 Å². The predicted molar refractivity (Wildman–Crippen MR) is 61.0 cm³/mol. The quantitative estimate of drug-likeness (QED) is 0.593. The summed E-state index contributed by atoms with van der Waals surface area (Å²) in [6.45, 7) is 0. The van der Waals surface area contributed by atoms with E-state index >= 15 is 0 Å². The average Bonchev–Trinajstić information content (AvgIpc) is 2.25. The highest BCUT2D eigenvalue weighted by Gasteiger charge is 2.30. The highest BCUT2D eigenvalue weighted by atomic mass is 16.6. The maximum absolute atomic E-state index is 11.0. The Bertz CT molecular complexity index is 501. The molecule has 5 heteroatoms. The summed E-state index contributed by atoms with van der Waals surface area (Å²) < 4.78 is 4.94. The van der Waals surface area contributed by atoms with Gasteiger partial charge in [0.2, 0.25) is 0 Å². The molecule has 1 aromatic carbocycles. The van der Waals surface area contributed by atoms with Crippen molar-refractivity contribution in [3.05, 3.63) is 33.4 Å². The largest absolute Gasteiger partial charge is 0.490 e. The van der Waals surface area contributed by atoms with Gasteiger partial charge in [0.1, 0.15) is 11.6 Å². The predicted octanol–water partition coefficient (Wildman–Crippen LogP) is 2.74. The molecule has 1 aromatic rings. The number of rotatable bonds is 3. The van der Waals surface area contributed by atoms with Gasteiger partial charge in [0.05, 0.1) is 12.0 Å². The van der Waals surface area contributed by atoms with Crippen LogP contribution in [0.5, 0.6) is 5.75 Å². The lowest BCUT2D eigenvalue weighted by atomic mass is 9.78. The minimum absolute atomic E-state index is 0.148. The topological polar surface area (TPSA) is 76.2 Å². The first-order chi connectivity index (χ1) is 8.19. The van der Waals surface area contributed by atoms with Crippen molar-refractivity contribution in [2.24, 2.45) is 0 Å². The first-order valence-electron chi connectivity index (χ1n) is 5.44. The van der Waals surface area contributed by atoms with Gasteiger partial charge in [0, 0.05) is 0 Å². The van der Waals surface area contributed by atoms with E-state index in [0.29, 0.717) is 0 Å². The molecule has 0 aliphatic heterocycles. The van der Waals surface area contributed by atoms with Crippen molar-refractivity contribution in [3.8, 4) is 11.8 Å². The first kappa shape index (κ1) is 11.4. The van der Waals surface area contributed by atoms with Gasteiger partial charge < -0.3 is 4.74 Å². The summed E-state index contributed by atoms with van der Waals surface area (Å²) in [6.07, 6.45) is 3.12. The molecule has 88 valence electrons. The van der Waals surface area contributed by atoms with Crippen LogP contribution in [0.3, 0.4) is 0 Å². The van der Waals surface area contributed by atoms with Crippen LogP contribution in [0.4, 0.5) is 5.69 Å². The van der Waals surface area contributed by atoms with Crippen molar-refractivity contribution >= 4 is 5.69 Å². The lowest BCUT2D eigenvalue weighted by Gasteiger charge is -2.26. The maximum atomic E-state index is 11.0. The van der Waals surface area contributed by atoms with Crippen LogP contribution in [0.2, 0.25) is 0 Å². The second kappa shape index (κ2) is 4.42. The molecule has 2 rings (SSSR count). The Morgan fingerprint density at radius 3 is 2.65 bits per heavy atom. The number of nitro benzene ring substituents is 1. The highest BCUT2D eigenvalue weighted by molar-refractivity contribution is 5.62. The third kappa shape index (κ3) is 1.82. The Balaban J connectivity index is 2.59. The third-order valence-corrected chi connectivity index (χ3v) is 3.23. The number of benzene rings is 1. The molecule has 1 aliphatic rings. The van der Waals surface area contributed by atoms with Crippen LogP contribution in [0.15, 0.2) is 12.1 Å². The van der Waals surface area contributed by atoms with Gasteiger partial charge in [-0.2, -0.15) is 5.26 Å².